The molecule has 0 N–H and O–H groups in total. The molecule has 2 fully saturated rings. The molecule has 0 aliphatic carbocycles. The van der Waals surface area contributed by atoms with Crippen LogP contribution in [0.1, 0.15) is 22.3 Å². The highest BCUT2D eigenvalue weighted by atomic mass is 19.1. The lowest BCUT2D eigenvalue weighted by Crippen LogP contribution is -2.39. The third-order valence-electron chi connectivity index (χ3n) is 5.11. The van der Waals surface area contributed by atoms with E-state index in [4.69, 9.17) is 0 Å². The normalized spacial score (nSPS) is 23.5. The number of halogens is 1. The molecule has 2 unspecified atom stereocenters. The number of benzene rings is 1. The predicted octanol–water partition coefficient (Wildman–Crippen LogP) is 2.57. The molecule has 4 rings (SSSR count). The van der Waals surface area contributed by atoms with Crippen molar-refractivity contribution in [3.05, 3.63) is 65.7 Å². The fraction of sp³-hybridized carbons (Fsp3) is 0.368. The minimum Gasteiger partial charge on any atom is -0.334 e. The monoisotopic (exact) mass is 325 g/mol. The number of carbonyl (C=O) groups excluding carboxylic acids is 1. The van der Waals surface area contributed by atoms with E-state index in [1.807, 2.05) is 29.4 Å². The lowest BCUT2D eigenvalue weighted by molar-refractivity contribution is 0.0726. The van der Waals surface area contributed by atoms with Crippen LogP contribution in [-0.2, 0) is 6.54 Å². The van der Waals surface area contributed by atoms with E-state index < -0.39 is 0 Å². The Morgan fingerprint density at radius 2 is 2.04 bits per heavy atom. The quantitative estimate of drug-likeness (QED) is 0.870. The number of rotatable bonds is 3. The molecular formula is C19H20FN3O. The topological polar surface area (TPSA) is 36.4 Å². The van der Waals surface area contributed by atoms with Gasteiger partial charge in [0.15, 0.2) is 0 Å². The number of carbonyl (C=O) groups is 1. The van der Waals surface area contributed by atoms with Crippen molar-refractivity contribution < 1.29 is 9.18 Å². The highest BCUT2D eigenvalue weighted by molar-refractivity contribution is 5.94. The maximum Gasteiger partial charge on any atom is 0.254 e. The number of nitrogens with zero attached hydrogens (tertiary/aromatic N) is 3. The van der Waals surface area contributed by atoms with Gasteiger partial charge < -0.3 is 4.90 Å². The van der Waals surface area contributed by atoms with E-state index in [0.717, 1.165) is 32.6 Å². The van der Waals surface area contributed by atoms with Gasteiger partial charge in [-0.15, -0.1) is 0 Å². The molecule has 0 bridgehead atoms. The number of likely N-dealkylation sites (tertiary alicyclic amines) is 2. The zero-order valence-corrected chi connectivity index (χ0v) is 13.4. The van der Waals surface area contributed by atoms with Crippen molar-refractivity contribution in [3.8, 4) is 0 Å². The van der Waals surface area contributed by atoms with Crippen LogP contribution in [0.4, 0.5) is 4.39 Å². The molecule has 2 aliphatic heterocycles. The minimum absolute atomic E-state index is 0.0484. The molecule has 0 spiro atoms. The SMILES string of the molecule is O=C(c1cccc(F)c1)N1CCC2CN(Cc3ccncc3)CC21. The second-order valence-corrected chi connectivity index (χ2v) is 6.67. The van der Waals surface area contributed by atoms with Crippen LogP contribution in [0.5, 0.6) is 0 Å². The van der Waals surface area contributed by atoms with Crippen LogP contribution in [0.15, 0.2) is 48.8 Å². The summed E-state index contributed by atoms with van der Waals surface area (Å²) in [5.74, 6) is 0.111. The average molecular weight is 325 g/mol. The molecule has 0 radical (unpaired) electrons. The van der Waals surface area contributed by atoms with Crippen molar-refractivity contribution in [2.24, 2.45) is 5.92 Å². The van der Waals surface area contributed by atoms with Gasteiger partial charge >= 0.3 is 0 Å². The van der Waals surface area contributed by atoms with E-state index in [0.29, 0.717) is 11.5 Å². The zero-order valence-electron chi connectivity index (χ0n) is 13.4. The summed E-state index contributed by atoms with van der Waals surface area (Å²) in [6.07, 6.45) is 4.65. The van der Waals surface area contributed by atoms with Crippen LogP contribution < -0.4 is 0 Å². The number of pyridine rings is 1. The Bertz CT molecular complexity index is 736. The molecule has 2 aliphatic rings. The maximum absolute atomic E-state index is 13.4. The van der Waals surface area contributed by atoms with Gasteiger partial charge in [-0.3, -0.25) is 14.7 Å². The summed E-state index contributed by atoms with van der Waals surface area (Å²) in [5, 5.41) is 0. The zero-order chi connectivity index (χ0) is 16.5. The molecule has 24 heavy (non-hydrogen) atoms. The van der Waals surface area contributed by atoms with Gasteiger partial charge in [0, 0.05) is 50.2 Å². The molecule has 1 aromatic carbocycles. The second-order valence-electron chi connectivity index (χ2n) is 6.67. The molecule has 0 saturated carbocycles. The van der Waals surface area contributed by atoms with Crippen LogP contribution in [-0.4, -0.2) is 46.4 Å². The number of hydrogen-bond acceptors (Lipinski definition) is 3. The Labute approximate surface area is 140 Å². The van der Waals surface area contributed by atoms with Crippen LogP contribution in [0, 0.1) is 11.7 Å². The van der Waals surface area contributed by atoms with Crippen molar-refractivity contribution in [2.45, 2.75) is 19.0 Å². The van der Waals surface area contributed by atoms with E-state index in [1.165, 1.54) is 17.7 Å². The van der Waals surface area contributed by atoms with Crippen LogP contribution in [0.2, 0.25) is 0 Å². The minimum atomic E-state index is -0.359. The van der Waals surface area contributed by atoms with Gasteiger partial charge in [-0.1, -0.05) is 6.07 Å². The molecule has 1 aromatic heterocycles. The first-order valence-electron chi connectivity index (χ1n) is 8.38. The molecule has 2 atom stereocenters. The van der Waals surface area contributed by atoms with E-state index in [9.17, 15) is 9.18 Å². The fourth-order valence-electron chi connectivity index (χ4n) is 3.96. The smallest absolute Gasteiger partial charge is 0.254 e. The Morgan fingerprint density at radius 1 is 1.21 bits per heavy atom. The largest absolute Gasteiger partial charge is 0.334 e. The van der Waals surface area contributed by atoms with Crippen molar-refractivity contribution in [2.75, 3.05) is 19.6 Å². The lowest BCUT2D eigenvalue weighted by Gasteiger charge is -2.25. The second kappa shape index (κ2) is 6.32. The maximum atomic E-state index is 13.4. The summed E-state index contributed by atoms with van der Waals surface area (Å²) < 4.78 is 13.4. The molecule has 4 nitrogen and oxygen atoms in total. The van der Waals surface area contributed by atoms with Gasteiger partial charge in [0.05, 0.1) is 0 Å². The van der Waals surface area contributed by atoms with Crippen LogP contribution in [0.25, 0.3) is 0 Å². The molecule has 2 saturated heterocycles. The van der Waals surface area contributed by atoms with E-state index >= 15 is 0 Å². The van der Waals surface area contributed by atoms with E-state index in [2.05, 4.69) is 9.88 Å². The van der Waals surface area contributed by atoms with Gasteiger partial charge in [-0.25, -0.2) is 4.39 Å². The van der Waals surface area contributed by atoms with Crippen molar-refractivity contribution in [1.82, 2.24) is 14.8 Å². The number of hydrogen-bond donors (Lipinski definition) is 0. The first-order valence-corrected chi connectivity index (χ1v) is 8.38. The number of aromatic nitrogens is 1. The average Bonchev–Trinajstić information content (AvgIpc) is 3.15. The Morgan fingerprint density at radius 3 is 2.83 bits per heavy atom. The predicted molar refractivity (Wildman–Crippen MR) is 88.8 cm³/mol. The Kier molecular flexibility index (Phi) is 4.02. The number of amides is 1. The molecule has 3 heterocycles. The Balaban J connectivity index is 1.45. The number of fused-ring (bicyclic) bond motifs is 1. The Hall–Kier alpha value is -2.27. The third kappa shape index (κ3) is 2.91. The van der Waals surface area contributed by atoms with Gasteiger partial charge in [0.2, 0.25) is 0 Å². The summed E-state index contributed by atoms with van der Waals surface area (Å²) in [4.78, 5) is 21.1. The molecule has 5 heteroatoms. The highest BCUT2D eigenvalue weighted by Crippen LogP contribution is 2.33. The lowest BCUT2D eigenvalue weighted by atomic mass is 10.0. The van der Waals surface area contributed by atoms with Crippen LogP contribution in [0.3, 0.4) is 0 Å². The van der Waals surface area contributed by atoms with Crippen molar-refractivity contribution in [3.63, 3.8) is 0 Å². The third-order valence-corrected chi connectivity index (χ3v) is 5.11. The van der Waals surface area contributed by atoms with Gasteiger partial charge in [0.25, 0.3) is 5.91 Å². The summed E-state index contributed by atoms with van der Waals surface area (Å²) >= 11 is 0. The summed E-state index contributed by atoms with van der Waals surface area (Å²) in [6.45, 7) is 3.55. The van der Waals surface area contributed by atoms with Crippen molar-refractivity contribution >= 4 is 5.91 Å². The van der Waals surface area contributed by atoms with E-state index in [-0.39, 0.29) is 17.8 Å². The first-order chi connectivity index (χ1) is 11.7. The summed E-state index contributed by atoms with van der Waals surface area (Å²) in [7, 11) is 0. The van der Waals surface area contributed by atoms with E-state index in [1.54, 1.807) is 12.1 Å². The van der Waals surface area contributed by atoms with Gasteiger partial charge in [0.1, 0.15) is 5.82 Å². The van der Waals surface area contributed by atoms with Crippen LogP contribution >= 0.6 is 0 Å². The van der Waals surface area contributed by atoms with Gasteiger partial charge in [-0.05, 0) is 48.2 Å². The van der Waals surface area contributed by atoms with Gasteiger partial charge in [-0.2, -0.15) is 0 Å². The standard InChI is InChI=1S/C19H20FN3O/c20-17-3-1-2-15(10-17)19(24)23-9-6-16-12-22(13-18(16)23)11-14-4-7-21-8-5-14/h1-5,7-8,10,16,18H,6,9,11-13H2. The van der Waals surface area contributed by atoms with Crippen molar-refractivity contribution in [1.29, 1.82) is 0 Å². The summed E-state index contributed by atoms with van der Waals surface area (Å²) in [6, 6.07) is 10.3. The molecular weight excluding hydrogens is 305 g/mol. The molecule has 124 valence electrons. The molecule has 2 aromatic rings. The molecule has 1 amide bonds. The highest BCUT2D eigenvalue weighted by Gasteiger charge is 2.43. The summed E-state index contributed by atoms with van der Waals surface area (Å²) in [5.41, 5.74) is 1.69. The fourth-order valence-corrected chi connectivity index (χ4v) is 3.96. The first kappa shape index (κ1) is 15.3.